The second-order valence-electron chi connectivity index (χ2n) is 12.4. The van der Waals surface area contributed by atoms with Crippen LogP contribution in [0.3, 0.4) is 0 Å². The Bertz CT molecular complexity index is 1460. The van der Waals surface area contributed by atoms with Gasteiger partial charge >= 0.3 is 0 Å². The predicted octanol–water partition coefficient (Wildman–Crippen LogP) is 7.06. The van der Waals surface area contributed by atoms with Crippen LogP contribution in [0.4, 0.5) is 5.82 Å². The lowest BCUT2D eigenvalue weighted by Gasteiger charge is -2.24. The molecule has 0 aliphatic rings. The standard InChI is InChI=1S/C34H40N4O2/c1-24-13-19-28(20-14-24)38-30(21-29(36-38)34(5,6)7)35-31(39)23-37(22-25-11-9-8-10-12-25)32(40)26-15-17-27(18-16-26)33(2,3)4/h8-21H,22-23H2,1-7H3,(H,35,39). The van der Waals surface area contributed by atoms with Crippen molar-refractivity contribution in [2.45, 2.75) is 65.8 Å². The summed E-state index contributed by atoms with van der Waals surface area (Å²) in [6.07, 6.45) is 0. The van der Waals surface area contributed by atoms with Crippen molar-refractivity contribution < 1.29 is 9.59 Å². The van der Waals surface area contributed by atoms with Crippen molar-refractivity contribution in [1.82, 2.24) is 14.7 Å². The molecule has 1 aromatic heterocycles. The summed E-state index contributed by atoms with van der Waals surface area (Å²) in [6, 6.07) is 27.3. The maximum atomic E-state index is 13.7. The highest BCUT2D eigenvalue weighted by Crippen LogP contribution is 2.27. The Labute approximate surface area is 238 Å². The van der Waals surface area contributed by atoms with E-state index in [9.17, 15) is 9.59 Å². The molecule has 0 aliphatic heterocycles. The molecule has 0 saturated heterocycles. The van der Waals surface area contributed by atoms with Gasteiger partial charge < -0.3 is 10.2 Å². The van der Waals surface area contributed by atoms with Gasteiger partial charge in [-0.05, 0) is 47.7 Å². The minimum atomic E-state index is -0.288. The molecule has 4 rings (SSSR count). The molecule has 0 bridgehead atoms. The highest BCUT2D eigenvalue weighted by Gasteiger charge is 2.24. The Morgan fingerprint density at radius 1 is 0.825 bits per heavy atom. The first-order valence-electron chi connectivity index (χ1n) is 13.7. The molecular weight excluding hydrogens is 496 g/mol. The quantitative estimate of drug-likeness (QED) is 0.275. The van der Waals surface area contributed by atoms with E-state index in [1.165, 1.54) is 0 Å². The Morgan fingerprint density at radius 2 is 1.45 bits per heavy atom. The number of hydrogen-bond acceptors (Lipinski definition) is 3. The summed E-state index contributed by atoms with van der Waals surface area (Å²) in [5, 5.41) is 7.85. The first-order chi connectivity index (χ1) is 18.8. The molecule has 0 unspecified atom stereocenters. The number of benzene rings is 3. The van der Waals surface area contributed by atoms with Gasteiger partial charge in [0.2, 0.25) is 5.91 Å². The summed E-state index contributed by atoms with van der Waals surface area (Å²) in [7, 11) is 0. The van der Waals surface area contributed by atoms with E-state index in [0.717, 1.165) is 28.1 Å². The van der Waals surface area contributed by atoms with Crippen molar-refractivity contribution in [3.05, 3.63) is 113 Å². The third-order valence-electron chi connectivity index (χ3n) is 6.86. The predicted molar refractivity (Wildman–Crippen MR) is 162 cm³/mol. The molecule has 1 N–H and O–H groups in total. The van der Waals surface area contributed by atoms with Gasteiger partial charge in [0.1, 0.15) is 12.4 Å². The Balaban J connectivity index is 1.61. The summed E-state index contributed by atoms with van der Waals surface area (Å²) in [6.45, 7) is 14.9. The van der Waals surface area contributed by atoms with Crippen molar-refractivity contribution in [2.75, 3.05) is 11.9 Å². The third-order valence-corrected chi connectivity index (χ3v) is 6.86. The van der Waals surface area contributed by atoms with Crippen LogP contribution in [0.25, 0.3) is 5.69 Å². The molecule has 0 saturated carbocycles. The van der Waals surface area contributed by atoms with Crippen molar-refractivity contribution >= 4 is 17.6 Å². The van der Waals surface area contributed by atoms with Gasteiger partial charge in [-0.15, -0.1) is 0 Å². The topological polar surface area (TPSA) is 67.2 Å². The number of nitrogens with zero attached hydrogens (tertiary/aromatic N) is 3. The van der Waals surface area contributed by atoms with Crippen molar-refractivity contribution in [2.24, 2.45) is 0 Å². The monoisotopic (exact) mass is 536 g/mol. The van der Waals surface area contributed by atoms with Crippen LogP contribution in [0.15, 0.2) is 84.9 Å². The van der Waals surface area contributed by atoms with Crippen LogP contribution >= 0.6 is 0 Å². The van der Waals surface area contributed by atoms with Gasteiger partial charge in [-0.1, -0.05) is 102 Å². The zero-order valence-electron chi connectivity index (χ0n) is 24.7. The SMILES string of the molecule is Cc1ccc(-n2nc(C(C)(C)C)cc2NC(=O)CN(Cc2ccccc2)C(=O)c2ccc(C(C)(C)C)cc2)cc1. The molecule has 3 aromatic carbocycles. The van der Waals surface area contributed by atoms with E-state index in [-0.39, 0.29) is 29.2 Å². The highest BCUT2D eigenvalue weighted by molar-refractivity contribution is 5.99. The molecular formula is C34H40N4O2. The second kappa shape index (κ2) is 11.5. The minimum Gasteiger partial charge on any atom is -0.325 e. The van der Waals surface area contributed by atoms with Crippen LogP contribution in [0.1, 0.15) is 74.3 Å². The number of anilines is 1. The molecule has 40 heavy (non-hydrogen) atoms. The molecule has 0 aliphatic carbocycles. The first kappa shape index (κ1) is 28.8. The van der Waals surface area contributed by atoms with E-state index in [2.05, 4.69) is 46.9 Å². The molecule has 1 heterocycles. The fraction of sp³-hybridized carbons (Fsp3) is 0.324. The maximum absolute atomic E-state index is 13.7. The molecule has 0 atom stereocenters. The zero-order chi connectivity index (χ0) is 29.1. The van der Waals surface area contributed by atoms with E-state index in [1.54, 1.807) is 9.58 Å². The van der Waals surface area contributed by atoms with Crippen molar-refractivity contribution in [3.63, 3.8) is 0 Å². The summed E-state index contributed by atoms with van der Waals surface area (Å²) in [4.78, 5) is 28.8. The highest BCUT2D eigenvalue weighted by atomic mass is 16.2. The lowest BCUT2D eigenvalue weighted by molar-refractivity contribution is -0.117. The van der Waals surface area contributed by atoms with Crippen LogP contribution in [-0.2, 0) is 22.2 Å². The Kier molecular flexibility index (Phi) is 8.29. The first-order valence-corrected chi connectivity index (χ1v) is 13.7. The van der Waals surface area contributed by atoms with Gasteiger partial charge in [0, 0.05) is 23.6 Å². The molecule has 2 amide bonds. The minimum absolute atomic E-state index is 0.0164. The number of aryl methyl sites for hydroxylation is 1. The maximum Gasteiger partial charge on any atom is 0.254 e. The van der Waals surface area contributed by atoms with Gasteiger partial charge in [-0.2, -0.15) is 5.10 Å². The fourth-order valence-electron chi connectivity index (χ4n) is 4.37. The number of rotatable bonds is 7. The second-order valence-corrected chi connectivity index (χ2v) is 12.4. The number of carbonyl (C=O) groups is 2. The Hall–Kier alpha value is -4.19. The summed E-state index contributed by atoms with van der Waals surface area (Å²) in [5.41, 5.74) is 5.29. The lowest BCUT2D eigenvalue weighted by atomic mass is 9.86. The molecule has 4 aromatic rings. The van der Waals surface area contributed by atoms with Gasteiger partial charge in [0.05, 0.1) is 11.4 Å². The average Bonchev–Trinajstić information content (AvgIpc) is 3.33. The van der Waals surface area contributed by atoms with Crippen LogP contribution in [0.5, 0.6) is 0 Å². The van der Waals surface area contributed by atoms with Crippen LogP contribution in [0.2, 0.25) is 0 Å². The van der Waals surface area contributed by atoms with E-state index in [4.69, 9.17) is 5.10 Å². The van der Waals surface area contributed by atoms with E-state index in [0.29, 0.717) is 17.9 Å². The smallest absolute Gasteiger partial charge is 0.254 e. The van der Waals surface area contributed by atoms with E-state index < -0.39 is 0 Å². The van der Waals surface area contributed by atoms with Gasteiger partial charge in [-0.3, -0.25) is 9.59 Å². The molecule has 0 radical (unpaired) electrons. The van der Waals surface area contributed by atoms with Crippen molar-refractivity contribution in [3.8, 4) is 5.69 Å². The average molecular weight is 537 g/mol. The fourth-order valence-corrected chi connectivity index (χ4v) is 4.37. The summed E-state index contributed by atoms with van der Waals surface area (Å²) < 4.78 is 1.76. The number of hydrogen-bond donors (Lipinski definition) is 1. The Morgan fingerprint density at radius 3 is 2.02 bits per heavy atom. The van der Waals surface area contributed by atoms with Gasteiger partial charge in [0.25, 0.3) is 5.91 Å². The number of nitrogens with one attached hydrogen (secondary N) is 1. The lowest BCUT2D eigenvalue weighted by Crippen LogP contribution is -2.38. The normalized spacial score (nSPS) is 11.8. The number of carbonyl (C=O) groups excluding carboxylic acids is 2. The van der Waals surface area contributed by atoms with E-state index in [1.807, 2.05) is 91.9 Å². The van der Waals surface area contributed by atoms with Crippen LogP contribution in [-0.4, -0.2) is 33.0 Å². The molecule has 0 spiro atoms. The van der Waals surface area contributed by atoms with Gasteiger partial charge in [-0.25, -0.2) is 4.68 Å². The van der Waals surface area contributed by atoms with Crippen LogP contribution in [0, 0.1) is 6.92 Å². The third kappa shape index (κ3) is 7.06. The van der Waals surface area contributed by atoms with Gasteiger partial charge in [0.15, 0.2) is 0 Å². The summed E-state index contributed by atoms with van der Waals surface area (Å²) >= 11 is 0. The molecule has 208 valence electrons. The van der Waals surface area contributed by atoms with E-state index >= 15 is 0 Å². The summed E-state index contributed by atoms with van der Waals surface area (Å²) in [5.74, 6) is 0.0895. The zero-order valence-corrected chi connectivity index (χ0v) is 24.7. The molecule has 6 nitrogen and oxygen atoms in total. The molecule has 6 heteroatoms. The van der Waals surface area contributed by atoms with Crippen LogP contribution < -0.4 is 5.32 Å². The largest absolute Gasteiger partial charge is 0.325 e. The number of aromatic nitrogens is 2. The van der Waals surface area contributed by atoms with Crippen molar-refractivity contribution in [1.29, 1.82) is 0 Å². The molecule has 0 fully saturated rings. The number of amides is 2.